The van der Waals surface area contributed by atoms with Gasteiger partial charge in [0.15, 0.2) is 0 Å². The third kappa shape index (κ3) is 5.63. The Hall–Kier alpha value is -3.65. The van der Waals surface area contributed by atoms with Crippen LogP contribution in [0.5, 0.6) is 5.75 Å². The number of methoxy groups -OCH3 is 1. The van der Waals surface area contributed by atoms with Crippen LogP contribution in [0.25, 0.3) is 0 Å². The minimum absolute atomic E-state index is 0.106. The van der Waals surface area contributed by atoms with Crippen molar-refractivity contribution in [2.24, 2.45) is 0 Å². The monoisotopic (exact) mass is 460 g/mol. The number of amides is 1. The molecule has 1 fully saturated rings. The molecule has 1 aliphatic rings. The highest BCUT2D eigenvalue weighted by atomic mass is 16.5. The minimum atomic E-state index is -0.106. The fourth-order valence-electron chi connectivity index (χ4n) is 4.11. The van der Waals surface area contributed by atoms with Crippen LogP contribution in [0, 0.1) is 0 Å². The van der Waals surface area contributed by atoms with Gasteiger partial charge in [-0.1, -0.05) is 12.1 Å². The second-order valence-electron chi connectivity index (χ2n) is 8.70. The summed E-state index contributed by atoms with van der Waals surface area (Å²) >= 11 is 0. The molecule has 1 saturated heterocycles. The van der Waals surface area contributed by atoms with E-state index in [1.54, 1.807) is 37.3 Å². The smallest absolute Gasteiger partial charge is 0.232 e. The molecule has 2 heterocycles. The van der Waals surface area contributed by atoms with Crippen molar-refractivity contribution in [2.45, 2.75) is 12.8 Å². The van der Waals surface area contributed by atoms with E-state index >= 15 is 0 Å². The molecular formula is C26H32N6O2. The van der Waals surface area contributed by atoms with Gasteiger partial charge in [-0.3, -0.25) is 9.69 Å². The molecule has 8 heteroatoms. The molecule has 1 aliphatic heterocycles. The second kappa shape index (κ2) is 10.5. The summed E-state index contributed by atoms with van der Waals surface area (Å²) in [4.78, 5) is 28.0. The van der Waals surface area contributed by atoms with E-state index in [0.29, 0.717) is 23.7 Å². The largest absolute Gasteiger partial charge is 0.496 e. The maximum absolute atomic E-state index is 12.9. The third-order valence-electron chi connectivity index (χ3n) is 6.26. The molecule has 0 atom stereocenters. The average Bonchev–Trinajstić information content (AvgIpc) is 2.85. The standard InChI is InChI=1S/C26H32N6O2/c1-30-10-12-32(13-11-30)23-7-4-19(5-8-23)14-22-17-25(29-18-28-22)31(2)26(33)16-20-15-21(27)6-9-24(20)34-3/h4-9,15,17-18H,10-14,16,27H2,1-3H3. The molecule has 4 rings (SSSR count). The molecule has 2 aromatic carbocycles. The lowest BCUT2D eigenvalue weighted by Crippen LogP contribution is -2.44. The van der Waals surface area contributed by atoms with Gasteiger partial charge in [0.1, 0.15) is 17.9 Å². The van der Waals surface area contributed by atoms with Crippen LogP contribution in [0.15, 0.2) is 54.9 Å². The van der Waals surface area contributed by atoms with Gasteiger partial charge >= 0.3 is 0 Å². The molecule has 0 spiro atoms. The minimum Gasteiger partial charge on any atom is -0.496 e. The molecule has 1 aromatic heterocycles. The van der Waals surface area contributed by atoms with Crippen LogP contribution in [0.4, 0.5) is 17.2 Å². The SMILES string of the molecule is COc1ccc(N)cc1CC(=O)N(C)c1cc(Cc2ccc(N3CCN(C)CC3)cc2)ncn1. The Labute approximate surface area is 201 Å². The van der Waals surface area contributed by atoms with Crippen LogP contribution in [0.1, 0.15) is 16.8 Å². The van der Waals surface area contributed by atoms with Gasteiger partial charge in [0.05, 0.1) is 19.2 Å². The number of nitrogens with two attached hydrogens (primary N) is 1. The topological polar surface area (TPSA) is 87.8 Å². The Balaban J connectivity index is 1.41. The van der Waals surface area contributed by atoms with Gasteiger partial charge in [0, 0.05) is 62.7 Å². The van der Waals surface area contributed by atoms with Crippen molar-refractivity contribution in [3.05, 3.63) is 71.7 Å². The summed E-state index contributed by atoms with van der Waals surface area (Å²) in [7, 11) is 5.46. The number of piperazine rings is 1. The van der Waals surface area contributed by atoms with Crippen LogP contribution in [-0.2, 0) is 17.6 Å². The summed E-state index contributed by atoms with van der Waals surface area (Å²) in [6.07, 6.45) is 2.34. The Morgan fingerprint density at radius 3 is 2.50 bits per heavy atom. The lowest BCUT2D eigenvalue weighted by molar-refractivity contribution is -0.117. The first-order valence-electron chi connectivity index (χ1n) is 11.4. The van der Waals surface area contributed by atoms with E-state index in [4.69, 9.17) is 10.5 Å². The van der Waals surface area contributed by atoms with Crippen molar-refractivity contribution in [3.63, 3.8) is 0 Å². The fourth-order valence-corrected chi connectivity index (χ4v) is 4.11. The van der Waals surface area contributed by atoms with E-state index in [1.165, 1.54) is 17.6 Å². The van der Waals surface area contributed by atoms with Gasteiger partial charge in [-0.15, -0.1) is 0 Å². The van der Waals surface area contributed by atoms with Crippen LogP contribution in [0.2, 0.25) is 0 Å². The van der Waals surface area contributed by atoms with Gasteiger partial charge in [-0.2, -0.15) is 0 Å². The summed E-state index contributed by atoms with van der Waals surface area (Å²) in [5.41, 5.74) is 10.5. The summed E-state index contributed by atoms with van der Waals surface area (Å²) in [5, 5.41) is 0. The lowest BCUT2D eigenvalue weighted by atomic mass is 10.1. The quantitative estimate of drug-likeness (QED) is 0.542. The number of nitrogens with zero attached hydrogens (tertiary/aromatic N) is 5. The number of ether oxygens (including phenoxy) is 1. The first-order chi connectivity index (χ1) is 16.4. The van der Waals surface area contributed by atoms with Crippen molar-refractivity contribution in [1.82, 2.24) is 14.9 Å². The van der Waals surface area contributed by atoms with E-state index in [-0.39, 0.29) is 12.3 Å². The second-order valence-corrected chi connectivity index (χ2v) is 8.70. The predicted molar refractivity (Wildman–Crippen MR) is 136 cm³/mol. The van der Waals surface area contributed by atoms with E-state index in [2.05, 4.69) is 51.1 Å². The van der Waals surface area contributed by atoms with Crippen molar-refractivity contribution < 1.29 is 9.53 Å². The first-order valence-corrected chi connectivity index (χ1v) is 11.4. The zero-order valence-corrected chi connectivity index (χ0v) is 20.1. The molecule has 3 aromatic rings. The maximum Gasteiger partial charge on any atom is 0.232 e. The van der Waals surface area contributed by atoms with Gasteiger partial charge < -0.3 is 20.3 Å². The number of aromatic nitrogens is 2. The predicted octanol–water partition coefficient (Wildman–Crippen LogP) is 2.62. The maximum atomic E-state index is 12.9. The van der Waals surface area contributed by atoms with Crippen molar-refractivity contribution in [1.29, 1.82) is 0 Å². The van der Waals surface area contributed by atoms with Gasteiger partial charge in [-0.25, -0.2) is 9.97 Å². The van der Waals surface area contributed by atoms with Crippen LogP contribution in [0.3, 0.4) is 0 Å². The number of hydrogen-bond donors (Lipinski definition) is 1. The zero-order valence-electron chi connectivity index (χ0n) is 20.1. The average molecular weight is 461 g/mol. The van der Waals surface area contributed by atoms with Gasteiger partial charge in [0.2, 0.25) is 5.91 Å². The number of nitrogen functional groups attached to an aromatic ring is 1. The Bertz CT molecular complexity index is 1130. The summed E-state index contributed by atoms with van der Waals surface area (Å²) in [6, 6.07) is 15.8. The summed E-state index contributed by atoms with van der Waals surface area (Å²) in [6.45, 7) is 4.27. The van der Waals surface area contributed by atoms with Crippen molar-refractivity contribution in [3.8, 4) is 5.75 Å². The fraction of sp³-hybridized carbons (Fsp3) is 0.346. The molecule has 1 amide bonds. The van der Waals surface area contributed by atoms with Crippen LogP contribution >= 0.6 is 0 Å². The number of anilines is 3. The Morgan fingerprint density at radius 1 is 1.06 bits per heavy atom. The van der Waals surface area contributed by atoms with E-state index < -0.39 is 0 Å². The number of rotatable bonds is 7. The first kappa shape index (κ1) is 23.5. The Morgan fingerprint density at radius 2 is 1.79 bits per heavy atom. The van der Waals surface area contributed by atoms with Crippen molar-refractivity contribution in [2.75, 3.05) is 62.9 Å². The molecule has 0 aliphatic carbocycles. The van der Waals surface area contributed by atoms with E-state index in [9.17, 15) is 4.79 Å². The molecule has 0 saturated carbocycles. The molecule has 34 heavy (non-hydrogen) atoms. The lowest BCUT2D eigenvalue weighted by Gasteiger charge is -2.34. The van der Waals surface area contributed by atoms with Crippen molar-refractivity contribution >= 4 is 23.1 Å². The normalized spacial score (nSPS) is 14.1. The highest BCUT2D eigenvalue weighted by Gasteiger charge is 2.17. The van der Waals surface area contributed by atoms with E-state index in [1.807, 2.05) is 6.07 Å². The summed E-state index contributed by atoms with van der Waals surface area (Å²) in [5.74, 6) is 1.09. The number of carbonyl (C=O) groups is 1. The number of benzene rings is 2. The molecule has 8 nitrogen and oxygen atoms in total. The number of likely N-dealkylation sites (N-methyl/N-ethyl adjacent to an activating group) is 2. The van der Waals surface area contributed by atoms with Gasteiger partial charge in [-0.05, 0) is 42.9 Å². The molecule has 0 bridgehead atoms. The van der Waals surface area contributed by atoms with Gasteiger partial charge in [0.25, 0.3) is 0 Å². The van der Waals surface area contributed by atoms with Crippen LogP contribution in [-0.4, -0.2) is 68.2 Å². The summed E-state index contributed by atoms with van der Waals surface area (Å²) < 4.78 is 5.37. The zero-order chi connectivity index (χ0) is 24.1. The number of hydrogen-bond acceptors (Lipinski definition) is 7. The molecule has 2 N–H and O–H groups in total. The molecule has 178 valence electrons. The van der Waals surface area contributed by atoms with Crippen LogP contribution < -0.4 is 20.3 Å². The Kier molecular flexibility index (Phi) is 7.27. The third-order valence-corrected chi connectivity index (χ3v) is 6.26. The molecule has 0 unspecified atom stereocenters. The number of carbonyl (C=O) groups excluding carboxylic acids is 1. The highest BCUT2D eigenvalue weighted by molar-refractivity contribution is 5.93. The highest BCUT2D eigenvalue weighted by Crippen LogP contribution is 2.23. The molecular weight excluding hydrogens is 428 g/mol. The van der Waals surface area contributed by atoms with E-state index in [0.717, 1.165) is 37.4 Å². The molecule has 0 radical (unpaired) electrons.